The van der Waals surface area contributed by atoms with Crippen molar-refractivity contribution in [2.24, 2.45) is 28.1 Å². The highest BCUT2D eigenvalue weighted by molar-refractivity contribution is 5.71. The van der Waals surface area contributed by atoms with Gasteiger partial charge < -0.3 is 10.1 Å². The number of nitrogens with one attached hydrogen (secondary N) is 1. The van der Waals surface area contributed by atoms with Crippen molar-refractivity contribution in [2.75, 3.05) is 39.3 Å². The molecule has 0 spiro atoms. The highest BCUT2D eigenvalue weighted by Crippen LogP contribution is 2.63. The lowest BCUT2D eigenvalue weighted by atomic mass is 9.46. The summed E-state index contributed by atoms with van der Waals surface area (Å²) in [5.74, 6) is 1.39. The number of ether oxygens (including phenoxy) is 1. The zero-order valence-corrected chi connectivity index (χ0v) is 19.9. The summed E-state index contributed by atoms with van der Waals surface area (Å²) in [5, 5.41) is 3.35. The van der Waals surface area contributed by atoms with Crippen molar-refractivity contribution in [2.45, 2.75) is 79.1 Å². The van der Waals surface area contributed by atoms with E-state index in [-0.39, 0.29) is 11.4 Å². The molecule has 0 amide bonds. The molecule has 4 nitrogen and oxygen atoms in total. The van der Waals surface area contributed by atoms with Crippen molar-refractivity contribution in [3.8, 4) is 0 Å². The Labute approximate surface area is 184 Å². The molecule has 4 heteroatoms. The summed E-state index contributed by atoms with van der Waals surface area (Å²) in [4.78, 5) is 14.8. The molecule has 30 heavy (non-hydrogen) atoms. The molecule has 0 aromatic carbocycles. The highest BCUT2D eigenvalue weighted by Gasteiger charge is 2.55. The Balaban J connectivity index is 1.43. The maximum Gasteiger partial charge on any atom is 0.320 e. The number of allylic oxidation sites excluding steroid dienone is 2. The van der Waals surface area contributed by atoms with Crippen LogP contribution in [0.4, 0.5) is 0 Å². The van der Waals surface area contributed by atoms with Crippen molar-refractivity contribution in [3.63, 3.8) is 0 Å². The normalized spacial score (nSPS) is 42.1. The molecule has 0 bridgehead atoms. The highest BCUT2D eigenvalue weighted by atomic mass is 16.5. The van der Waals surface area contributed by atoms with E-state index in [1.807, 2.05) is 0 Å². The van der Waals surface area contributed by atoms with E-state index >= 15 is 0 Å². The van der Waals surface area contributed by atoms with Gasteiger partial charge in [-0.05, 0) is 61.2 Å². The molecular formula is C26H44N2O2. The number of carbonyl (C=O) groups excluding carboxylic acids is 1. The summed E-state index contributed by atoms with van der Waals surface area (Å²) in [6.45, 7) is 14.7. The average molecular weight is 417 g/mol. The van der Waals surface area contributed by atoms with Crippen molar-refractivity contribution in [1.82, 2.24) is 10.2 Å². The summed E-state index contributed by atoms with van der Waals surface area (Å²) in [6, 6.07) is 0. The third kappa shape index (κ3) is 4.24. The number of rotatable bonds is 5. The fourth-order valence-corrected chi connectivity index (χ4v) is 7.43. The summed E-state index contributed by atoms with van der Waals surface area (Å²) in [5.41, 5.74) is 2.68. The van der Waals surface area contributed by atoms with E-state index in [2.05, 4.69) is 44.0 Å². The van der Waals surface area contributed by atoms with E-state index < -0.39 is 0 Å². The molecule has 3 aliphatic carbocycles. The maximum absolute atomic E-state index is 12.6. The fraction of sp³-hybridized carbons (Fsp3) is 0.885. The molecule has 4 rings (SSSR count). The Kier molecular flexibility index (Phi) is 6.38. The minimum atomic E-state index is -0.0327. The summed E-state index contributed by atoms with van der Waals surface area (Å²) < 4.78 is 5.95. The number of hydrogen-bond donors (Lipinski definition) is 1. The van der Waals surface area contributed by atoms with Crippen LogP contribution in [0.3, 0.4) is 0 Å². The number of piperazine rings is 1. The van der Waals surface area contributed by atoms with Gasteiger partial charge in [0.05, 0.1) is 13.2 Å². The van der Waals surface area contributed by atoms with Gasteiger partial charge in [0.25, 0.3) is 0 Å². The lowest BCUT2D eigenvalue weighted by Crippen LogP contribution is -2.52. The lowest BCUT2D eigenvalue weighted by molar-refractivity contribution is -0.154. The monoisotopic (exact) mass is 416 g/mol. The Bertz CT molecular complexity index is 670. The van der Waals surface area contributed by atoms with Crippen LogP contribution < -0.4 is 5.32 Å². The van der Waals surface area contributed by atoms with Crippen LogP contribution >= 0.6 is 0 Å². The quantitative estimate of drug-likeness (QED) is 0.517. The molecule has 3 fully saturated rings. The van der Waals surface area contributed by atoms with E-state index in [4.69, 9.17) is 4.74 Å². The second-order valence-electron chi connectivity index (χ2n) is 11.7. The summed E-state index contributed by atoms with van der Waals surface area (Å²) >= 11 is 0. The van der Waals surface area contributed by atoms with Crippen LogP contribution in [-0.4, -0.2) is 50.2 Å². The van der Waals surface area contributed by atoms with E-state index in [0.29, 0.717) is 29.9 Å². The van der Waals surface area contributed by atoms with Crippen molar-refractivity contribution >= 4 is 5.97 Å². The number of esters is 1. The molecular weight excluding hydrogens is 372 g/mol. The largest absolute Gasteiger partial charge is 0.464 e. The molecule has 1 aliphatic heterocycles. The fourth-order valence-electron chi connectivity index (χ4n) is 7.43. The molecule has 0 aromatic rings. The Morgan fingerprint density at radius 1 is 1.20 bits per heavy atom. The molecule has 4 aliphatic rings. The minimum Gasteiger partial charge on any atom is -0.464 e. The lowest BCUT2D eigenvalue weighted by Gasteiger charge is -2.59. The van der Waals surface area contributed by atoms with Crippen molar-refractivity contribution in [3.05, 3.63) is 11.6 Å². The molecule has 5 atom stereocenters. The first-order valence-corrected chi connectivity index (χ1v) is 12.6. The standard InChI is InChI=1S/C26H44N2O2/c1-5-24(2)12-9-21-20(17-24)7-8-22-25(3,10-6-11-26(21,22)4)19-30-23(29)18-28-15-13-27-14-16-28/h9,20,22,27H,5-8,10-19H2,1-4H3/t20?,22?,24-,25-,26-/m0/s1. The van der Waals surface area contributed by atoms with Gasteiger partial charge in [0.2, 0.25) is 0 Å². The summed E-state index contributed by atoms with van der Waals surface area (Å²) in [6.07, 6.45) is 12.9. The van der Waals surface area contributed by atoms with Crippen LogP contribution in [0.1, 0.15) is 79.1 Å². The Hall–Kier alpha value is -0.870. The summed E-state index contributed by atoms with van der Waals surface area (Å²) in [7, 11) is 0. The average Bonchev–Trinajstić information content (AvgIpc) is 2.73. The van der Waals surface area contributed by atoms with Gasteiger partial charge in [0.15, 0.2) is 0 Å². The second kappa shape index (κ2) is 8.58. The first kappa shape index (κ1) is 22.3. The Morgan fingerprint density at radius 3 is 2.70 bits per heavy atom. The molecule has 1 saturated heterocycles. The molecule has 0 aromatic heterocycles. The van der Waals surface area contributed by atoms with E-state index in [0.717, 1.165) is 32.1 Å². The predicted octanol–water partition coefficient (Wildman–Crippen LogP) is 4.79. The maximum atomic E-state index is 12.6. The van der Waals surface area contributed by atoms with E-state index in [1.165, 1.54) is 51.4 Å². The van der Waals surface area contributed by atoms with Crippen LogP contribution in [0.15, 0.2) is 11.6 Å². The van der Waals surface area contributed by atoms with Gasteiger partial charge in [-0.15, -0.1) is 0 Å². The van der Waals surface area contributed by atoms with Crippen molar-refractivity contribution in [1.29, 1.82) is 0 Å². The second-order valence-corrected chi connectivity index (χ2v) is 11.7. The smallest absolute Gasteiger partial charge is 0.320 e. The van der Waals surface area contributed by atoms with Crippen LogP contribution in [0, 0.1) is 28.1 Å². The first-order valence-electron chi connectivity index (χ1n) is 12.6. The van der Waals surface area contributed by atoms with Gasteiger partial charge in [0, 0.05) is 31.6 Å². The van der Waals surface area contributed by atoms with Gasteiger partial charge in [0.1, 0.15) is 0 Å². The predicted molar refractivity (Wildman–Crippen MR) is 122 cm³/mol. The SMILES string of the molecule is CC[C@@]1(C)CC=C2C(CCC3[C@](C)(COC(=O)CN4CCNCC4)CCC[C@@]23C)C1. The van der Waals surface area contributed by atoms with Gasteiger partial charge in [-0.2, -0.15) is 0 Å². The van der Waals surface area contributed by atoms with Crippen LogP contribution in [0.5, 0.6) is 0 Å². The molecule has 0 radical (unpaired) electrons. The number of hydrogen-bond acceptors (Lipinski definition) is 4. The molecule has 2 unspecified atom stereocenters. The van der Waals surface area contributed by atoms with Crippen LogP contribution in [-0.2, 0) is 9.53 Å². The van der Waals surface area contributed by atoms with E-state index in [1.54, 1.807) is 5.57 Å². The zero-order valence-electron chi connectivity index (χ0n) is 19.9. The third-order valence-electron chi connectivity index (χ3n) is 9.49. The Morgan fingerprint density at radius 2 is 1.97 bits per heavy atom. The van der Waals surface area contributed by atoms with Crippen LogP contribution in [0.2, 0.25) is 0 Å². The molecule has 170 valence electrons. The molecule has 2 saturated carbocycles. The molecule has 1 N–H and O–H groups in total. The number of carbonyl (C=O) groups is 1. The van der Waals surface area contributed by atoms with Crippen molar-refractivity contribution < 1.29 is 9.53 Å². The van der Waals surface area contributed by atoms with Gasteiger partial charge >= 0.3 is 5.97 Å². The molecule has 1 heterocycles. The number of fused-ring (bicyclic) bond motifs is 3. The van der Waals surface area contributed by atoms with Gasteiger partial charge in [-0.1, -0.05) is 52.2 Å². The zero-order chi connectivity index (χ0) is 21.4. The minimum absolute atomic E-state index is 0.0327. The number of nitrogens with zero attached hydrogens (tertiary/aromatic N) is 1. The van der Waals surface area contributed by atoms with E-state index in [9.17, 15) is 4.79 Å². The van der Waals surface area contributed by atoms with Crippen LogP contribution in [0.25, 0.3) is 0 Å². The van der Waals surface area contributed by atoms with Gasteiger partial charge in [-0.3, -0.25) is 9.69 Å². The first-order chi connectivity index (χ1) is 14.3. The third-order valence-corrected chi connectivity index (χ3v) is 9.49. The topological polar surface area (TPSA) is 41.6 Å². The van der Waals surface area contributed by atoms with Gasteiger partial charge in [-0.25, -0.2) is 0 Å².